The molecule has 0 aliphatic carbocycles. The summed E-state index contributed by atoms with van der Waals surface area (Å²) in [5.74, 6) is -0.0384. The molecule has 0 radical (unpaired) electrons. The summed E-state index contributed by atoms with van der Waals surface area (Å²) < 4.78 is 13.6. The molecule has 0 fully saturated rings. The van der Waals surface area contributed by atoms with E-state index in [1.807, 2.05) is 0 Å². The van der Waals surface area contributed by atoms with Gasteiger partial charge in [0.05, 0.1) is 6.10 Å². The molecular formula is C15H22ClFO. The molecule has 0 aromatic heterocycles. The van der Waals surface area contributed by atoms with Crippen LogP contribution >= 0.6 is 11.6 Å². The highest BCUT2D eigenvalue weighted by molar-refractivity contribution is 6.30. The average Bonchev–Trinajstić information content (AvgIpc) is 2.33. The predicted molar refractivity (Wildman–Crippen MR) is 74.4 cm³/mol. The van der Waals surface area contributed by atoms with Crippen molar-refractivity contribution in [3.05, 3.63) is 34.6 Å². The van der Waals surface area contributed by atoms with Crippen LogP contribution in [-0.2, 0) is 6.42 Å². The van der Waals surface area contributed by atoms with Crippen LogP contribution in [0, 0.1) is 11.7 Å². The van der Waals surface area contributed by atoms with Crippen LogP contribution in [-0.4, -0.2) is 11.2 Å². The molecule has 0 aliphatic rings. The number of aliphatic hydroxyl groups excluding tert-OH is 1. The van der Waals surface area contributed by atoms with E-state index < -0.39 is 6.10 Å². The Bertz CT molecular complexity index is 362. The maximum Gasteiger partial charge on any atom is 0.126 e. The van der Waals surface area contributed by atoms with Crippen LogP contribution in [0.3, 0.4) is 0 Å². The summed E-state index contributed by atoms with van der Waals surface area (Å²) in [7, 11) is 0. The molecular weight excluding hydrogens is 251 g/mol. The van der Waals surface area contributed by atoms with Crippen molar-refractivity contribution in [3.8, 4) is 0 Å². The number of rotatable bonds is 7. The van der Waals surface area contributed by atoms with Gasteiger partial charge in [0.2, 0.25) is 0 Å². The highest BCUT2D eigenvalue weighted by atomic mass is 35.5. The minimum absolute atomic E-state index is 0.249. The third-order valence-corrected chi connectivity index (χ3v) is 3.53. The molecule has 0 aliphatic heterocycles. The average molecular weight is 273 g/mol. The maximum atomic E-state index is 13.6. The van der Waals surface area contributed by atoms with Crippen molar-refractivity contribution in [2.75, 3.05) is 0 Å². The Morgan fingerprint density at radius 1 is 1.22 bits per heavy atom. The normalized spacial score (nSPS) is 13.0. The third-order valence-electron chi connectivity index (χ3n) is 3.30. The number of halogens is 2. The van der Waals surface area contributed by atoms with Gasteiger partial charge in [-0.25, -0.2) is 4.39 Å². The topological polar surface area (TPSA) is 20.2 Å². The lowest BCUT2D eigenvalue weighted by molar-refractivity contribution is 0.0955. The molecule has 0 saturated carbocycles. The highest BCUT2D eigenvalue weighted by Gasteiger charge is 2.19. The van der Waals surface area contributed by atoms with Gasteiger partial charge >= 0.3 is 0 Å². The van der Waals surface area contributed by atoms with Crippen LogP contribution in [0.5, 0.6) is 0 Å². The van der Waals surface area contributed by atoms with Gasteiger partial charge in [0.15, 0.2) is 0 Å². The summed E-state index contributed by atoms with van der Waals surface area (Å²) in [5, 5.41) is 10.7. The van der Waals surface area contributed by atoms with Gasteiger partial charge in [0.1, 0.15) is 5.82 Å². The molecule has 18 heavy (non-hydrogen) atoms. The number of hydrogen-bond acceptors (Lipinski definition) is 1. The Labute approximate surface area is 114 Å². The Morgan fingerprint density at radius 2 is 1.83 bits per heavy atom. The standard InChI is InChI=1S/C15H22ClFO/c1-3-5-11(6-4-2)15(18)10-12-9-13(16)7-8-14(12)17/h7-9,11,15,18H,3-6,10H2,1-2H3. The molecule has 1 unspecified atom stereocenters. The Hall–Kier alpha value is -0.600. The quantitative estimate of drug-likeness (QED) is 0.769. The molecule has 0 amide bonds. The van der Waals surface area contributed by atoms with E-state index >= 15 is 0 Å². The first kappa shape index (κ1) is 15.5. The SMILES string of the molecule is CCCC(CCC)C(O)Cc1cc(Cl)ccc1F. The van der Waals surface area contributed by atoms with Crippen LogP contribution in [0.1, 0.15) is 45.1 Å². The first-order chi connectivity index (χ1) is 8.58. The Morgan fingerprint density at radius 3 is 2.39 bits per heavy atom. The molecule has 1 atom stereocenters. The summed E-state index contributed by atoms with van der Waals surface area (Å²) in [6.45, 7) is 4.21. The van der Waals surface area contributed by atoms with Gasteiger partial charge in [-0.3, -0.25) is 0 Å². The second kappa shape index (κ2) is 7.75. The van der Waals surface area contributed by atoms with E-state index in [0.29, 0.717) is 17.0 Å². The summed E-state index contributed by atoms with van der Waals surface area (Å²) in [4.78, 5) is 0. The molecule has 0 saturated heterocycles. The molecule has 1 nitrogen and oxygen atoms in total. The van der Waals surface area contributed by atoms with Crippen LogP contribution in [0.4, 0.5) is 4.39 Å². The van der Waals surface area contributed by atoms with E-state index in [1.54, 1.807) is 6.07 Å². The van der Waals surface area contributed by atoms with E-state index in [2.05, 4.69) is 13.8 Å². The molecule has 0 spiro atoms. The lowest BCUT2D eigenvalue weighted by atomic mass is 9.89. The van der Waals surface area contributed by atoms with Crippen LogP contribution in [0.25, 0.3) is 0 Å². The Kier molecular flexibility index (Phi) is 6.66. The van der Waals surface area contributed by atoms with Gasteiger partial charge in [-0.2, -0.15) is 0 Å². The van der Waals surface area contributed by atoms with Crippen molar-refractivity contribution in [2.24, 2.45) is 5.92 Å². The summed E-state index contributed by atoms with van der Waals surface area (Å²) in [6.07, 6.45) is 3.91. The molecule has 0 bridgehead atoms. The predicted octanol–water partition coefficient (Wildman–Crippen LogP) is 4.60. The molecule has 1 aromatic carbocycles. The van der Waals surface area contributed by atoms with Crippen LogP contribution in [0.2, 0.25) is 5.02 Å². The number of hydrogen-bond donors (Lipinski definition) is 1. The van der Waals surface area contributed by atoms with E-state index in [0.717, 1.165) is 25.7 Å². The van der Waals surface area contributed by atoms with Crippen LogP contribution < -0.4 is 0 Å². The van der Waals surface area contributed by atoms with Gasteiger partial charge in [0, 0.05) is 11.4 Å². The van der Waals surface area contributed by atoms with E-state index in [-0.39, 0.29) is 11.7 Å². The minimum Gasteiger partial charge on any atom is -0.392 e. The number of benzene rings is 1. The maximum absolute atomic E-state index is 13.6. The van der Waals surface area contributed by atoms with E-state index in [9.17, 15) is 9.50 Å². The molecule has 1 aromatic rings. The van der Waals surface area contributed by atoms with Crippen molar-refractivity contribution in [1.29, 1.82) is 0 Å². The van der Waals surface area contributed by atoms with Crippen molar-refractivity contribution < 1.29 is 9.50 Å². The zero-order chi connectivity index (χ0) is 13.5. The smallest absolute Gasteiger partial charge is 0.126 e. The zero-order valence-electron chi connectivity index (χ0n) is 11.1. The van der Waals surface area contributed by atoms with Gasteiger partial charge in [-0.05, 0) is 42.5 Å². The Balaban J connectivity index is 2.71. The zero-order valence-corrected chi connectivity index (χ0v) is 11.9. The van der Waals surface area contributed by atoms with Crippen LogP contribution in [0.15, 0.2) is 18.2 Å². The summed E-state index contributed by atoms with van der Waals surface area (Å²) >= 11 is 5.85. The fraction of sp³-hybridized carbons (Fsp3) is 0.600. The first-order valence-electron chi connectivity index (χ1n) is 6.70. The minimum atomic E-state index is -0.488. The molecule has 102 valence electrons. The van der Waals surface area contributed by atoms with Crippen molar-refractivity contribution >= 4 is 11.6 Å². The highest BCUT2D eigenvalue weighted by Crippen LogP contribution is 2.23. The lowest BCUT2D eigenvalue weighted by Crippen LogP contribution is -2.23. The monoisotopic (exact) mass is 272 g/mol. The van der Waals surface area contributed by atoms with Gasteiger partial charge < -0.3 is 5.11 Å². The number of aliphatic hydroxyl groups is 1. The fourth-order valence-corrected chi connectivity index (χ4v) is 2.56. The van der Waals surface area contributed by atoms with Crippen molar-refractivity contribution in [1.82, 2.24) is 0 Å². The molecule has 3 heteroatoms. The van der Waals surface area contributed by atoms with E-state index in [4.69, 9.17) is 11.6 Å². The van der Waals surface area contributed by atoms with E-state index in [1.165, 1.54) is 12.1 Å². The first-order valence-corrected chi connectivity index (χ1v) is 7.08. The second-order valence-corrected chi connectivity index (χ2v) is 5.28. The van der Waals surface area contributed by atoms with Crippen molar-refractivity contribution in [3.63, 3.8) is 0 Å². The van der Waals surface area contributed by atoms with Gasteiger partial charge in [-0.1, -0.05) is 38.3 Å². The summed E-state index contributed by atoms with van der Waals surface area (Å²) in [6, 6.07) is 4.50. The molecule has 1 N–H and O–H groups in total. The molecule has 0 heterocycles. The lowest BCUT2D eigenvalue weighted by Gasteiger charge is -2.22. The van der Waals surface area contributed by atoms with Gasteiger partial charge in [-0.15, -0.1) is 0 Å². The fourth-order valence-electron chi connectivity index (χ4n) is 2.36. The third kappa shape index (κ3) is 4.58. The molecule has 1 rings (SSSR count). The summed E-state index contributed by atoms with van der Waals surface area (Å²) in [5.41, 5.74) is 0.507. The van der Waals surface area contributed by atoms with Gasteiger partial charge in [0.25, 0.3) is 0 Å². The second-order valence-electron chi connectivity index (χ2n) is 4.84. The van der Waals surface area contributed by atoms with Crippen molar-refractivity contribution in [2.45, 2.75) is 52.1 Å². The largest absolute Gasteiger partial charge is 0.392 e.